The van der Waals surface area contributed by atoms with E-state index in [-0.39, 0.29) is 25.1 Å². The summed E-state index contributed by atoms with van der Waals surface area (Å²) in [5.41, 5.74) is 5.82. The summed E-state index contributed by atoms with van der Waals surface area (Å²) in [5.74, 6) is -1.60. The quantitative estimate of drug-likeness (QED) is 0.719. The number of aromatic hydroxyl groups is 1. The largest absolute Gasteiger partial charge is 0.507 e. The van der Waals surface area contributed by atoms with Gasteiger partial charge in [-0.25, -0.2) is 0 Å². The number of amides is 2. The number of primary amides is 1. The lowest BCUT2D eigenvalue weighted by atomic mass is 10.1. The average Bonchev–Trinajstić information content (AvgIpc) is 2.75. The summed E-state index contributed by atoms with van der Waals surface area (Å²) in [6, 6.07) is 2.07. The SMILES string of the molecule is CC(C)(C)OC(=O)CC[C@@H](C(N)=O)N1Cc2cc(Br)c(O)cc2C1=O. The number of phenolic OH excluding ortho intramolecular Hbond substituents is 1. The number of fused-ring (bicyclic) bond motifs is 1. The zero-order valence-corrected chi connectivity index (χ0v) is 15.9. The summed E-state index contributed by atoms with van der Waals surface area (Å²) in [4.78, 5) is 37.6. The van der Waals surface area contributed by atoms with E-state index in [1.54, 1.807) is 26.8 Å². The molecule has 1 aliphatic rings. The fourth-order valence-electron chi connectivity index (χ4n) is 2.69. The molecule has 25 heavy (non-hydrogen) atoms. The van der Waals surface area contributed by atoms with Crippen molar-refractivity contribution in [2.24, 2.45) is 5.73 Å². The van der Waals surface area contributed by atoms with E-state index < -0.39 is 29.4 Å². The maximum Gasteiger partial charge on any atom is 0.306 e. The molecule has 3 N–H and O–H groups in total. The molecule has 1 aromatic rings. The molecule has 2 amide bonds. The first kappa shape index (κ1) is 19.2. The second-order valence-electron chi connectivity index (χ2n) is 6.94. The normalized spacial score (nSPS) is 15.0. The van der Waals surface area contributed by atoms with E-state index in [2.05, 4.69) is 15.9 Å². The molecule has 0 aromatic heterocycles. The molecule has 2 rings (SSSR count). The molecule has 1 atom stereocenters. The van der Waals surface area contributed by atoms with E-state index in [9.17, 15) is 19.5 Å². The number of hydrogen-bond acceptors (Lipinski definition) is 5. The highest BCUT2D eigenvalue weighted by Crippen LogP contribution is 2.34. The lowest BCUT2D eigenvalue weighted by molar-refractivity contribution is -0.155. The Balaban J connectivity index is 2.13. The molecule has 0 unspecified atom stereocenters. The number of esters is 1. The van der Waals surface area contributed by atoms with E-state index in [1.165, 1.54) is 11.0 Å². The summed E-state index contributed by atoms with van der Waals surface area (Å²) in [6.45, 7) is 5.44. The third kappa shape index (κ3) is 4.50. The summed E-state index contributed by atoms with van der Waals surface area (Å²) >= 11 is 3.20. The molecular formula is C17H21BrN2O5. The van der Waals surface area contributed by atoms with Crippen LogP contribution in [0.4, 0.5) is 0 Å². The van der Waals surface area contributed by atoms with Crippen LogP contribution in [-0.4, -0.2) is 39.4 Å². The predicted molar refractivity (Wildman–Crippen MR) is 93.7 cm³/mol. The molecule has 0 saturated carbocycles. The van der Waals surface area contributed by atoms with E-state index in [0.717, 1.165) is 0 Å². The van der Waals surface area contributed by atoms with E-state index in [0.29, 0.717) is 15.6 Å². The minimum absolute atomic E-state index is 0.0278. The van der Waals surface area contributed by atoms with Crippen LogP contribution in [0.2, 0.25) is 0 Å². The highest BCUT2D eigenvalue weighted by Gasteiger charge is 2.36. The Morgan fingerprint density at radius 3 is 2.60 bits per heavy atom. The molecule has 0 radical (unpaired) electrons. The standard InChI is InChI=1S/C17H21BrN2O5/c1-17(2,3)25-14(22)5-4-12(15(19)23)20-8-9-6-11(18)13(21)7-10(9)16(20)24/h6-7,12,21H,4-5,8H2,1-3H3,(H2,19,23)/t12-/m0/s1. The van der Waals surface area contributed by atoms with Gasteiger partial charge in [0.1, 0.15) is 17.4 Å². The molecule has 1 aliphatic heterocycles. The Kier molecular flexibility index (Phi) is 5.41. The van der Waals surface area contributed by atoms with Crippen LogP contribution >= 0.6 is 15.9 Å². The maximum atomic E-state index is 12.6. The molecule has 0 aliphatic carbocycles. The van der Waals surface area contributed by atoms with Gasteiger partial charge in [0.25, 0.3) is 5.91 Å². The second kappa shape index (κ2) is 7.03. The molecule has 0 saturated heterocycles. The number of rotatable bonds is 5. The van der Waals surface area contributed by atoms with Crippen LogP contribution in [0.15, 0.2) is 16.6 Å². The van der Waals surface area contributed by atoms with Crippen LogP contribution in [0, 0.1) is 0 Å². The van der Waals surface area contributed by atoms with Crippen molar-refractivity contribution < 1.29 is 24.2 Å². The number of phenols is 1. The third-order valence-electron chi connectivity index (χ3n) is 3.75. The first-order valence-corrected chi connectivity index (χ1v) is 8.62. The molecule has 8 heteroatoms. The number of carbonyl (C=O) groups is 3. The highest BCUT2D eigenvalue weighted by atomic mass is 79.9. The molecule has 1 aromatic carbocycles. The van der Waals surface area contributed by atoms with Crippen molar-refractivity contribution in [1.29, 1.82) is 0 Å². The van der Waals surface area contributed by atoms with Crippen molar-refractivity contribution >= 4 is 33.7 Å². The molecule has 0 fully saturated rings. The first-order valence-electron chi connectivity index (χ1n) is 7.83. The minimum atomic E-state index is -0.923. The Morgan fingerprint density at radius 1 is 1.40 bits per heavy atom. The zero-order chi connectivity index (χ0) is 18.9. The van der Waals surface area contributed by atoms with Crippen molar-refractivity contribution in [3.63, 3.8) is 0 Å². The van der Waals surface area contributed by atoms with Gasteiger partial charge in [0, 0.05) is 18.5 Å². The molecule has 0 bridgehead atoms. The van der Waals surface area contributed by atoms with E-state index in [4.69, 9.17) is 10.5 Å². The topological polar surface area (TPSA) is 110 Å². The Bertz CT molecular complexity index is 726. The van der Waals surface area contributed by atoms with Crippen LogP contribution in [-0.2, 0) is 20.9 Å². The summed E-state index contributed by atoms with van der Waals surface area (Å²) in [5, 5.41) is 9.75. The average molecular weight is 413 g/mol. The number of benzene rings is 1. The van der Waals surface area contributed by atoms with Gasteiger partial charge in [0.2, 0.25) is 5.91 Å². The number of halogens is 1. The molecule has 0 spiro atoms. The Morgan fingerprint density at radius 2 is 2.04 bits per heavy atom. The zero-order valence-electron chi connectivity index (χ0n) is 14.3. The van der Waals surface area contributed by atoms with Gasteiger partial charge in [0.15, 0.2) is 0 Å². The van der Waals surface area contributed by atoms with Crippen molar-refractivity contribution in [2.75, 3.05) is 0 Å². The fourth-order valence-corrected chi connectivity index (χ4v) is 3.08. The van der Waals surface area contributed by atoms with Crippen molar-refractivity contribution in [3.8, 4) is 5.75 Å². The van der Waals surface area contributed by atoms with Crippen molar-refractivity contribution in [2.45, 2.75) is 51.8 Å². The second-order valence-corrected chi connectivity index (χ2v) is 7.79. The molecule has 1 heterocycles. The van der Waals surface area contributed by atoms with Crippen LogP contribution in [0.5, 0.6) is 5.75 Å². The Labute approximate surface area is 154 Å². The number of ether oxygens (including phenoxy) is 1. The lowest BCUT2D eigenvalue weighted by Gasteiger charge is -2.25. The smallest absolute Gasteiger partial charge is 0.306 e. The lowest BCUT2D eigenvalue weighted by Crippen LogP contribution is -2.45. The van der Waals surface area contributed by atoms with Gasteiger partial charge < -0.3 is 20.5 Å². The first-order chi connectivity index (χ1) is 11.5. The maximum absolute atomic E-state index is 12.6. The van der Waals surface area contributed by atoms with Gasteiger partial charge in [-0.2, -0.15) is 0 Å². The van der Waals surface area contributed by atoms with Crippen LogP contribution in [0.3, 0.4) is 0 Å². The van der Waals surface area contributed by atoms with Crippen LogP contribution in [0.1, 0.15) is 49.5 Å². The molecular weight excluding hydrogens is 392 g/mol. The third-order valence-corrected chi connectivity index (χ3v) is 4.39. The fraction of sp³-hybridized carbons (Fsp3) is 0.471. The van der Waals surface area contributed by atoms with Crippen molar-refractivity contribution in [3.05, 3.63) is 27.7 Å². The van der Waals surface area contributed by atoms with Gasteiger partial charge >= 0.3 is 5.97 Å². The van der Waals surface area contributed by atoms with Gasteiger partial charge in [-0.3, -0.25) is 14.4 Å². The van der Waals surface area contributed by atoms with E-state index in [1.807, 2.05) is 0 Å². The van der Waals surface area contributed by atoms with Crippen molar-refractivity contribution in [1.82, 2.24) is 4.90 Å². The summed E-state index contributed by atoms with van der Waals surface area (Å²) in [7, 11) is 0. The minimum Gasteiger partial charge on any atom is -0.507 e. The summed E-state index contributed by atoms with van der Waals surface area (Å²) in [6.07, 6.45) is 0.0527. The molecule has 7 nitrogen and oxygen atoms in total. The summed E-state index contributed by atoms with van der Waals surface area (Å²) < 4.78 is 5.68. The van der Waals surface area contributed by atoms with Crippen LogP contribution in [0.25, 0.3) is 0 Å². The number of nitrogens with two attached hydrogens (primary N) is 1. The number of nitrogens with zero attached hydrogens (tertiary/aromatic N) is 1. The van der Waals surface area contributed by atoms with Gasteiger partial charge in [-0.15, -0.1) is 0 Å². The number of carbonyl (C=O) groups excluding carboxylic acids is 3. The van der Waals surface area contributed by atoms with Gasteiger partial charge in [-0.1, -0.05) is 0 Å². The Hall–Kier alpha value is -2.09. The van der Waals surface area contributed by atoms with Crippen LogP contribution < -0.4 is 5.73 Å². The van der Waals surface area contributed by atoms with Gasteiger partial charge in [-0.05, 0) is 60.8 Å². The van der Waals surface area contributed by atoms with Gasteiger partial charge in [0.05, 0.1) is 4.47 Å². The molecule has 136 valence electrons. The highest BCUT2D eigenvalue weighted by molar-refractivity contribution is 9.10. The monoisotopic (exact) mass is 412 g/mol. The predicted octanol–water partition coefficient (Wildman–Crippen LogP) is 2.09. The number of hydrogen-bond donors (Lipinski definition) is 2. The van der Waals surface area contributed by atoms with E-state index >= 15 is 0 Å².